The Balaban J connectivity index is 1.57. The van der Waals surface area contributed by atoms with Crippen LogP contribution < -0.4 is 10.2 Å². The van der Waals surface area contributed by atoms with Gasteiger partial charge < -0.3 is 14.6 Å². The zero-order valence-electron chi connectivity index (χ0n) is 20.2. The van der Waals surface area contributed by atoms with Gasteiger partial charge in [-0.05, 0) is 69.2 Å². The summed E-state index contributed by atoms with van der Waals surface area (Å²) in [4.78, 5) is 37.7. The number of aromatic nitrogens is 1. The molecule has 2 aromatic heterocycles. The molecule has 1 fully saturated rings. The third-order valence-corrected chi connectivity index (χ3v) is 7.60. The number of thiophene rings is 1. The number of oxazole rings is 1. The van der Waals surface area contributed by atoms with Gasteiger partial charge >= 0.3 is 0 Å². The first-order valence-electron chi connectivity index (χ1n) is 11.9. The number of anilines is 2. The SMILES string of the molecule is CC(C)N(c1cc(-c2ccc(NC(=O)c3cocn3)cc2)sc1COO)C(=O)[C@H]1CC[C@H](C)CC1. The maximum absolute atomic E-state index is 13.6. The average Bonchev–Trinajstić information content (AvgIpc) is 3.51. The molecule has 4 rings (SSSR count). The molecule has 2 amide bonds. The van der Waals surface area contributed by atoms with Gasteiger partial charge in [0.2, 0.25) is 5.91 Å². The number of carbonyl (C=O) groups excluding carboxylic acids is 2. The molecule has 8 nitrogen and oxygen atoms in total. The molecule has 186 valence electrons. The van der Waals surface area contributed by atoms with Crippen molar-refractivity contribution >= 4 is 34.5 Å². The zero-order valence-corrected chi connectivity index (χ0v) is 21.0. The van der Waals surface area contributed by atoms with Crippen molar-refractivity contribution in [3.63, 3.8) is 0 Å². The van der Waals surface area contributed by atoms with Gasteiger partial charge in [-0.15, -0.1) is 11.3 Å². The van der Waals surface area contributed by atoms with Crippen LogP contribution in [0.15, 0.2) is 47.4 Å². The van der Waals surface area contributed by atoms with Crippen molar-refractivity contribution < 1.29 is 24.2 Å². The number of nitrogens with one attached hydrogen (secondary N) is 1. The van der Waals surface area contributed by atoms with Gasteiger partial charge in [-0.2, -0.15) is 0 Å². The van der Waals surface area contributed by atoms with E-state index in [2.05, 4.69) is 22.1 Å². The van der Waals surface area contributed by atoms with E-state index in [4.69, 9.17) is 4.42 Å². The number of nitrogens with zero attached hydrogens (tertiary/aromatic N) is 2. The van der Waals surface area contributed by atoms with E-state index in [0.717, 1.165) is 46.7 Å². The molecule has 35 heavy (non-hydrogen) atoms. The Morgan fingerprint density at radius 3 is 2.54 bits per heavy atom. The van der Waals surface area contributed by atoms with Crippen LogP contribution >= 0.6 is 11.3 Å². The topological polar surface area (TPSA) is 105 Å². The largest absolute Gasteiger partial charge is 0.451 e. The third-order valence-electron chi connectivity index (χ3n) is 6.45. The van der Waals surface area contributed by atoms with Crippen LogP contribution in [0.5, 0.6) is 0 Å². The molecular weight excluding hydrogens is 466 g/mol. The molecule has 2 N–H and O–H groups in total. The Morgan fingerprint density at radius 2 is 1.94 bits per heavy atom. The number of carbonyl (C=O) groups is 2. The maximum atomic E-state index is 13.6. The highest BCUT2D eigenvalue weighted by Crippen LogP contribution is 2.40. The summed E-state index contributed by atoms with van der Waals surface area (Å²) in [7, 11) is 0. The van der Waals surface area contributed by atoms with Gasteiger partial charge in [0.25, 0.3) is 5.91 Å². The molecule has 0 unspecified atom stereocenters. The molecule has 1 aliphatic carbocycles. The van der Waals surface area contributed by atoms with Gasteiger partial charge in [0.15, 0.2) is 12.1 Å². The Labute approximate surface area is 208 Å². The van der Waals surface area contributed by atoms with E-state index in [0.29, 0.717) is 11.6 Å². The van der Waals surface area contributed by atoms with Crippen molar-refractivity contribution in [2.24, 2.45) is 11.8 Å². The first-order valence-corrected chi connectivity index (χ1v) is 12.7. The highest BCUT2D eigenvalue weighted by molar-refractivity contribution is 7.16. The van der Waals surface area contributed by atoms with Crippen LogP contribution in [0, 0.1) is 11.8 Å². The van der Waals surface area contributed by atoms with Gasteiger partial charge in [-0.1, -0.05) is 19.1 Å². The lowest BCUT2D eigenvalue weighted by atomic mass is 9.82. The lowest BCUT2D eigenvalue weighted by molar-refractivity contribution is -0.252. The predicted molar refractivity (Wildman–Crippen MR) is 135 cm³/mol. The minimum Gasteiger partial charge on any atom is -0.451 e. The molecule has 1 aromatic carbocycles. The van der Waals surface area contributed by atoms with Crippen molar-refractivity contribution in [1.82, 2.24) is 4.98 Å². The van der Waals surface area contributed by atoms with Crippen LogP contribution in [0.2, 0.25) is 0 Å². The Bertz CT molecular complexity index is 1130. The van der Waals surface area contributed by atoms with Crippen LogP contribution in [0.1, 0.15) is 61.8 Å². The second-order valence-electron chi connectivity index (χ2n) is 9.36. The molecule has 0 saturated heterocycles. The first kappa shape index (κ1) is 25.1. The van der Waals surface area contributed by atoms with E-state index in [-0.39, 0.29) is 36.1 Å². The van der Waals surface area contributed by atoms with Crippen LogP contribution in [0.4, 0.5) is 11.4 Å². The molecule has 9 heteroatoms. The zero-order chi connectivity index (χ0) is 24.9. The second kappa shape index (κ2) is 11.2. The Hall–Kier alpha value is -3.01. The average molecular weight is 498 g/mol. The van der Waals surface area contributed by atoms with Crippen LogP contribution in [-0.4, -0.2) is 28.1 Å². The number of benzene rings is 1. The van der Waals surface area contributed by atoms with Gasteiger partial charge in [-0.25, -0.2) is 9.87 Å². The minimum atomic E-state index is -0.351. The van der Waals surface area contributed by atoms with E-state index < -0.39 is 0 Å². The standard InChI is InChI=1S/C26H31N3O5S/c1-16(2)29(26(31)19-6-4-17(3)5-7-19)22-12-23(35-24(22)14-34-32)18-8-10-20(11-9-18)28-25(30)21-13-33-15-27-21/h8-13,15-17,19,32H,4-7,14H2,1-3H3,(H,28,30)/t17-,19-. The number of hydrogen-bond donors (Lipinski definition) is 2. The Morgan fingerprint density at radius 1 is 1.23 bits per heavy atom. The highest BCUT2D eigenvalue weighted by Gasteiger charge is 2.32. The fourth-order valence-electron chi connectivity index (χ4n) is 4.52. The summed E-state index contributed by atoms with van der Waals surface area (Å²) >= 11 is 1.48. The van der Waals surface area contributed by atoms with Crippen LogP contribution in [0.25, 0.3) is 10.4 Å². The van der Waals surface area contributed by atoms with Crippen molar-refractivity contribution in [3.8, 4) is 10.4 Å². The lowest BCUT2D eigenvalue weighted by Gasteiger charge is -2.33. The fraction of sp³-hybridized carbons (Fsp3) is 0.423. The van der Waals surface area contributed by atoms with E-state index in [1.165, 1.54) is 24.0 Å². The summed E-state index contributed by atoms with van der Waals surface area (Å²) in [6.07, 6.45) is 6.46. The summed E-state index contributed by atoms with van der Waals surface area (Å²) in [5.74, 6) is 0.477. The monoisotopic (exact) mass is 497 g/mol. The van der Waals surface area contributed by atoms with Gasteiger partial charge in [-0.3, -0.25) is 14.8 Å². The molecule has 0 aliphatic heterocycles. The smallest absolute Gasteiger partial charge is 0.277 e. The second-order valence-corrected chi connectivity index (χ2v) is 10.5. The fourth-order valence-corrected chi connectivity index (χ4v) is 5.58. The molecule has 0 spiro atoms. The number of rotatable bonds is 8. The quantitative estimate of drug-likeness (QED) is 0.283. The van der Waals surface area contributed by atoms with Crippen LogP contribution in [0.3, 0.4) is 0 Å². The molecule has 2 heterocycles. The van der Waals surface area contributed by atoms with E-state index in [1.54, 1.807) is 0 Å². The van der Waals surface area contributed by atoms with Crippen molar-refractivity contribution in [3.05, 3.63) is 53.6 Å². The van der Waals surface area contributed by atoms with E-state index >= 15 is 0 Å². The van der Waals surface area contributed by atoms with Crippen molar-refractivity contribution in [1.29, 1.82) is 0 Å². The summed E-state index contributed by atoms with van der Waals surface area (Å²) in [5, 5.41) is 12.0. The molecule has 1 aliphatic rings. The number of hydrogen-bond acceptors (Lipinski definition) is 7. The van der Waals surface area contributed by atoms with Crippen molar-refractivity contribution in [2.45, 2.75) is 59.1 Å². The van der Waals surface area contributed by atoms with Gasteiger partial charge in [0, 0.05) is 22.5 Å². The molecule has 0 radical (unpaired) electrons. The summed E-state index contributed by atoms with van der Waals surface area (Å²) in [6.45, 7) is 6.27. The predicted octanol–water partition coefficient (Wildman–Crippen LogP) is 6.21. The molecule has 0 bridgehead atoms. The summed E-state index contributed by atoms with van der Waals surface area (Å²) in [6, 6.07) is 9.39. The Kier molecular flexibility index (Phi) is 8.00. The normalized spacial score (nSPS) is 18.0. The maximum Gasteiger partial charge on any atom is 0.277 e. The summed E-state index contributed by atoms with van der Waals surface area (Å²) < 4.78 is 4.85. The molecule has 1 saturated carbocycles. The minimum absolute atomic E-state index is 0.00401. The molecule has 0 atom stereocenters. The van der Waals surface area contributed by atoms with Gasteiger partial charge in [0.1, 0.15) is 12.9 Å². The molecule has 3 aromatic rings. The lowest BCUT2D eigenvalue weighted by Crippen LogP contribution is -2.42. The first-order chi connectivity index (χ1) is 16.9. The van der Waals surface area contributed by atoms with E-state index in [1.807, 2.05) is 49.1 Å². The highest BCUT2D eigenvalue weighted by atomic mass is 32.1. The third kappa shape index (κ3) is 5.80. The number of amides is 2. The summed E-state index contributed by atoms with van der Waals surface area (Å²) in [5.41, 5.74) is 2.54. The van der Waals surface area contributed by atoms with E-state index in [9.17, 15) is 14.8 Å². The van der Waals surface area contributed by atoms with Crippen LogP contribution in [-0.2, 0) is 16.3 Å². The van der Waals surface area contributed by atoms with Gasteiger partial charge in [0.05, 0.1) is 10.6 Å². The van der Waals surface area contributed by atoms with Crippen molar-refractivity contribution in [2.75, 3.05) is 10.2 Å². The molecular formula is C26H31N3O5S.